The molecule has 1 unspecified atom stereocenters. The molecule has 1 aromatic carbocycles. The molecule has 0 saturated carbocycles. The zero-order valence-electron chi connectivity index (χ0n) is 11.4. The Labute approximate surface area is 121 Å². The first kappa shape index (κ1) is 14.4. The number of carbonyl (C=O) groups is 2. The highest BCUT2D eigenvalue weighted by molar-refractivity contribution is 5.89. The van der Waals surface area contributed by atoms with E-state index in [9.17, 15) is 9.59 Å². The number of benzene rings is 1. The highest BCUT2D eigenvalue weighted by atomic mass is 16.2. The van der Waals surface area contributed by atoms with Crippen molar-refractivity contribution in [1.82, 2.24) is 15.5 Å². The van der Waals surface area contributed by atoms with Gasteiger partial charge in [0.25, 0.3) is 0 Å². The zero-order chi connectivity index (χ0) is 15.2. The lowest BCUT2D eigenvalue weighted by atomic mass is 10.1. The number of aromatic amines is 1. The third-order valence-corrected chi connectivity index (χ3v) is 2.78. The minimum atomic E-state index is -0.617. The van der Waals surface area contributed by atoms with Crippen molar-refractivity contribution in [2.45, 2.75) is 13.0 Å². The van der Waals surface area contributed by atoms with Gasteiger partial charge in [0.15, 0.2) is 0 Å². The molecule has 8 nitrogen and oxygen atoms in total. The van der Waals surface area contributed by atoms with E-state index in [-0.39, 0.29) is 12.1 Å². The smallest absolute Gasteiger partial charge is 0.319 e. The summed E-state index contributed by atoms with van der Waals surface area (Å²) in [5.41, 5.74) is 7.11. The molecule has 0 spiro atoms. The topological polar surface area (TPSA) is 125 Å². The summed E-state index contributed by atoms with van der Waals surface area (Å²) in [7, 11) is 0. The van der Waals surface area contributed by atoms with Crippen molar-refractivity contribution in [3.05, 3.63) is 42.2 Å². The number of H-pyrrole nitrogens is 1. The van der Waals surface area contributed by atoms with Gasteiger partial charge in [-0.25, -0.2) is 9.59 Å². The Hall–Kier alpha value is -3.03. The van der Waals surface area contributed by atoms with Crippen LogP contribution < -0.4 is 21.7 Å². The first-order valence-electron chi connectivity index (χ1n) is 6.27. The molecule has 0 aliphatic rings. The molecule has 0 aliphatic carbocycles. The predicted molar refractivity (Wildman–Crippen MR) is 78.8 cm³/mol. The third-order valence-electron chi connectivity index (χ3n) is 2.78. The molecule has 2 rings (SSSR count). The van der Waals surface area contributed by atoms with Gasteiger partial charge in [-0.1, -0.05) is 12.1 Å². The number of amides is 4. The second-order valence-electron chi connectivity index (χ2n) is 4.42. The van der Waals surface area contributed by atoms with Crippen molar-refractivity contribution in [3.63, 3.8) is 0 Å². The summed E-state index contributed by atoms with van der Waals surface area (Å²) in [5, 5.41) is 14.2. The fourth-order valence-electron chi connectivity index (χ4n) is 1.76. The normalized spacial score (nSPS) is 11.5. The summed E-state index contributed by atoms with van der Waals surface area (Å²) >= 11 is 0. The average Bonchev–Trinajstić information content (AvgIpc) is 2.91. The first-order chi connectivity index (χ1) is 10.0. The number of nitrogens with one attached hydrogen (secondary N) is 4. The number of urea groups is 2. The van der Waals surface area contributed by atoms with Crippen LogP contribution in [0.25, 0.3) is 0 Å². The molecule has 6 N–H and O–H groups in total. The first-order valence-corrected chi connectivity index (χ1v) is 6.27. The SMILES string of the molecule is CC(NC(=O)Nc1cn[nH]c1)c1ccc(NC(N)=O)cc1. The molecule has 0 fully saturated rings. The van der Waals surface area contributed by atoms with Crippen molar-refractivity contribution in [3.8, 4) is 0 Å². The van der Waals surface area contributed by atoms with E-state index in [0.717, 1.165) is 5.56 Å². The second kappa shape index (κ2) is 6.42. The van der Waals surface area contributed by atoms with Gasteiger partial charge in [0.2, 0.25) is 0 Å². The number of anilines is 2. The van der Waals surface area contributed by atoms with Crippen LogP contribution in [0, 0.1) is 0 Å². The van der Waals surface area contributed by atoms with E-state index >= 15 is 0 Å². The Balaban J connectivity index is 1.91. The van der Waals surface area contributed by atoms with Crippen molar-refractivity contribution in [1.29, 1.82) is 0 Å². The van der Waals surface area contributed by atoms with Gasteiger partial charge >= 0.3 is 12.1 Å². The van der Waals surface area contributed by atoms with Gasteiger partial charge in [-0.05, 0) is 24.6 Å². The zero-order valence-corrected chi connectivity index (χ0v) is 11.4. The molecule has 1 aromatic heterocycles. The largest absolute Gasteiger partial charge is 0.351 e. The Morgan fingerprint density at radius 3 is 2.48 bits per heavy atom. The highest BCUT2D eigenvalue weighted by Gasteiger charge is 2.10. The maximum Gasteiger partial charge on any atom is 0.319 e. The molecule has 1 atom stereocenters. The Morgan fingerprint density at radius 1 is 1.19 bits per heavy atom. The maximum absolute atomic E-state index is 11.8. The number of nitrogens with two attached hydrogens (primary N) is 1. The van der Waals surface area contributed by atoms with Crippen LogP contribution in [0.1, 0.15) is 18.5 Å². The number of hydrogen-bond acceptors (Lipinski definition) is 3. The van der Waals surface area contributed by atoms with Crippen molar-refractivity contribution < 1.29 is 9.59 Å². The van der Waals surface area contributed by atoms with Gasteiger partial charge in [0.05, 0.1) is 17.9 Å². The number of nitrogens with zero attached hydrogens (tertiary/aromatic N) is 1. The molecule has 21 heavy (non-hydrogen) atoms. The number of carbonyl (C=O) groups excluding carboxylic acids is 2. The van der Waals surface area contributed by atoms with Gasteiger partial charge in [-0.15, -0.1) is 0 Å². The van der Waals surface area contributed by atoms with Crippen LogP contribution in [0.3, 0.4) is 0 Å². The lowest BCUT2D eigenvalue weighted by molar-refractivity contribution is 0.249. The molecule has 0 bridgehead atoms. The van der Waals surface area contributed by atoms with E-state index in [1.165, 1.54) is 6.20 Å². The van der Waals surface area contributed by atoms with Crippen LogP contribution in [-0.4, -0.2) is 22.3 Å². The summed E-state index contributed by atoms with van der Waals surface area (Å²) in [4.78, 5) is 22.5. The fraction of sp³-hybridized carbons (Fsp3) is 0.154. The van der Waals surface area contributed by atoms with Crippen molar-refractivity contribution in [2.75, 3.05) is 10.6 Å². The van der Waals surface area contributed by atoms with E-state index in [2.05, 4.69) is 26.1 Å². The maximum atomic E-state index is 11.8. The standard InChI is InChI=1S/C13H16N6O2/c1-8(17-13(21)19-11-6-15-16-7-11)9-2-4-10(5-3-9)18-12(14)20/h2-8H,1H3,(H,15,16)(H3,14,18,20)(H2,17,19,21). The van der Waals surface area contributed by atoms with E-state index < -0.39 is 6.03 Å². The van der Waals surface area contributed by atoms with E-state index in [0.29, 0.717) is 11.4 Å². The molecular formula is C13H16N6O2. The van der Waals surface area contributed by atoms with Gasteiger partial charge < -0.3 is 21.7 Å². The van der Waals surface area contributed by atoms with E-state index in [4.69, 9.17) is 5.73 Å². The fourth-order valence-corrected chi connectivity index (χ4v) is 1.76. The highest BCUT2D eigenvalue weighted by Crippen LogP contribution is 2.16. The number of rotatable bonds is 4. The van der Waals surface area contributed by atoms with Gasteiger partial charge in [-0.2, -0.15) is 5.10 Å². The Bertz CT molecular complexity index is 608. The second-order valence-corrected chi connectivity index (χ2v) is 4.42. The van der Waals surface area contributed by atoms with Crippen LogP contribution in [0.5, 0.6) is 0 Å². The molecule has 4 amide bonds. The Morgan fingerprint density at radius 2 is 1.90 bits per heavy atom. The quantitative estimate of drug-likeness (QED) is 0.588. The molecule has 0 radical (unpaired) electrons. The van der Waals surface area contributed by atoms with Crippen LogP contribution in [-0.2, 0) is 0 Å². The van der Waals surface area contributed by atoms with Crippen LogP contribution in [0.2, 0.25) is 0 Å². The number of hydrogen-bond donors (Lipinski definition) is 5. The molecule has 110 valence electrons. The molecule has 1 heterocycles. The van der Waals surface area contributed by atoms with Crippen molar-refractivity contribution in [2.24, 2.45) is 5.73 Å². The van der Waals surface area contributed by atoms with E-state index in [1.54, 1.807) is 30.5 Å². The molecule has 2 aromatic rings. The lowest BCUT2D eigenvalue weighted by Crippen LogP contribution is -2.31. The molecule has 0 saturated heterocycles. The summed E-state index contributed by atoms with van der Waals surface area (Å²) in [6.07, 6.45) is 3.09. The van der Waals surface area contributed by atoms with Gasteiger partial charge in [0.1, 0.15) is 0 Å². The number of primary amides is 1. The van der Waals surface area contributed by atoms with Crippen LogP contribution in [0.15, 0.2) is 36.7 Å². The summed E-state index contributed by atoms with van der Waals surface area (Å²) in [5.74, 6) is 0. The van der Waals surface area contributed by atoms with Crippen molar-refractivity contribution >= 4 is 23.4 Å². The lowest BCUT2D eigenvalue weighted by Gasteiger charge is -2.15. The average molecular weight is 288 g/mol. The van der Waals surface area contributed by atoms with E-state index in [1.807, 2.05) is 6.92 Å². The summed E-state index contributed by atoms with van der Waals surface area (Å²) in [6, 6.07) is 5.89. The third kappa shape index (κ3) is 4.23. The minimum absolute atomic E-state index is 0.195. The van der Waals surface area contributed by atoms with Gasteiger partial charge in [0, 0.05) is 11.9 Å². The van der Waals surface area contributed by atoms with Crippen LogP contribution >= 0.6 is 0 Å². The molecular weight excluding hydrogens is 272 g/mol. The monoisotopic (exact) mass is 288 g/mol. The van der Waals surface area contributed by atoms with Gasteiger partial charge in [-0.3, -0.25) is 5.10 Å². The Kier molecular flexibility index (Phi) is 4.39. The molecule has 8 heteroatoms. The summed E-state index contributed by atoms with van der Waals surface area (Å²) < 4.78 is 0. The summed E-state index contributed by atoms with van der Waals surface area (Å²) in [6.45, 7) is 1.85. The predicted octanol–water partition coefficient (Wildman–Crippen LogP) is 1.78. The molecule has 0 aliphatic heterocycles. The number of aromatic nitrogens is 2. The minimum Gasteiger partial charge on any atom is -0.351 e. The van der Waals surface area contributed by atoms with Crippen LogP contribution in [0.4, 0.5) is 21.0 Å².